The van der Waals surface area contributed by atoms with E-state index in [0.29, 0.717) is 0 Å². The van der Waals surface area contributed by atoms with Crippen LogP contribution in [0.1, 0.15) is 22.8 Å². The fraction of sp³-hybridized carbons (Fsp3) is 0.286. The van der Waals surface area contributed by atoms with Gasteiger partial charge in [0.05, 0.1) is 0 Å². The zero-order chi connectivity index (χ0) is 9.83. The summed E-state index contributed by atoms with van der Waals surface area (Å²) in [6.07, 6.45) is 2.68. The van der Waals surface area contributed by atoms with E-state index in [9.17, 15) is 0 Å². The monoisotopic (exact) mass is 212 g/mol. The minimum atomic E-state index is 0.819. The van der Waals surface area contributed by atoms with Crippen LogP contribution in [-0.2, 0) is 6.42 Å². The highest BCUT2D eigenvalue weighted by molar-refractivity contribution is 8.07. The Bertz CT molecular complexity index is 544. The molecular formula is C14H12S. The smallest absolute Gasteiger partial charge is 0.0428 e. The van der Waals surface area contributed by atoms with E-state index in [0.717, 1.165) is 10.5 Å². The number of aryl methyl sites for hydroxylation is 1. The molecule has 2 aromatic carbocycles. The van der Waals surface area contributed by atoms with Crippen molar-refractivity contribution >= 4 is 22.5 Å². The lowest BCUT2D eigenvalue weighted by Gasteiger charge is -2.16. The first-order valence-corrected chi connectivity index (χ1v) is 6.54. The van der Waals surface area contributed by atoms with Crippen LogP contribution in [0.5, 0.6) is 0 Å². The quantitative estimate of drug-likeness (QED) is 0.596. The standard InChI is InChI=1S/C14H12S/c1-2-4-11-9(3-1)5-6-10-7-8-12-14(15-12)13(10)11/h1-6,12,14H,7-8H2. The van der Waals surface area contributed by atoms with Crippen LogP contribution in [0, 0.1) is 0 Å². The second kappa shape index (κ2) is 2.79. The maximum Gasteiger partial charge on any atom is 0.0428 e. The van der Waals surface area contributed by atoms with Crippen LogP contribution in [0.25, 0.3) is 10.8 Å². The second-order valence-electron chi connectivity index (χ2n) is 4.49. The molecule has 4 rings (SSSR count). The molecule has 0 N–H and O–H groups in total. The molecule has 0 bridgehead atoms. The van der Waals surface area contributed by atoms with Crippen molar-refractivity contribution in [2.24, 2.45) is 0 Å². The maximum absolute atomic E-state index is 2.34. The number of fused-ring (bicyclic) bond motifs is 5. The highest BCUT2D eigenvalue weighted by Gasteiger charge is 2.43. The Kier molecular flexibility index (Phi) is 1.53. The average Bonchev–Trinajstić information content (AvgIpc) is 3.07. The van der Waals surface area contributed by atoms with Crippen molar-refractivity contribution < 1.29 is 0 Å². The Labute approximate surface area is 93.7 Å². The fourth-order valence-corrected chi connectivity index (χ4v) is 4.04. The van der Waals surface area contributed by atoms with Gasteiger partial charge in [-0.25, -0.2) is 0 Å². The van der Waals surface area contributed by atoms with Gasteiger partial charge in [-0.3, -0.25) is 0 Å². The van der Waals surface area contributed by atoms with Crippen molar-refractivity contribution in [3.63, 3.8) is 0 Å². The fourth-order valence-electron chi connectivity index (χ4n) is 2.81. The molecule has 74 valence electrons. The van der Waals surface area contributed by atoms with E-state index < -0.39 is 0 Å². The van der Waals surface area contributed by atoms with E-state index in [2.05, 4.69) is 48.2 Å². The molecule has 2 unspecified atom stereocenters. The van der Waals surface area contributed by atoms with Crippen LogP contribution in [0.15, 0.2) is 36.4 Å². The molecule has 1 aliphatic carbocycles. The van der Waals surface area contributed by atoms with E-state index >= 15 is 0 Å². The molecule has 1 fully saturated rings. The molecule has 1 saturated heterocycles. The number of thioether (sulfide) groups is 1. The molecule has 0 amide bonds. The van der Waals surface area contributed by atoms with E-state index in [4.69, 9.17) is 0 Å². The Morgan fingerprint density at radius 1 is 1.07 bits per heavy atom. The van der Waals surface area contributed by atoms with Crippen molar-refractivity contribution in [1.29, 1.82) is 0 Å². The van der Waals surface area contributed by atoms with E-state index in [1.165, 1.54) is 23.6 Å². The van der Waals surface area contributed by atoms with E-state index in [1.807, 2.05) is 0 Å². The Balaban J connectivity index is 2.09. The Hall–Kier alpha value is -0.950. The van der Waals surface area contributed by atoms with Crippen molar-refractivity contribution in [1.82, 2.24) is 0 Å². The molecular weight excluding hydrogens is 200 g/mol. The van der Waals surface area contributed by atoms with Gasteiger partial charge < -0.3 is 0 Å². The lowest BCUT2D eigenvalue weighted by molar-refractivity contribution is 0.758. The minimum Gasteiger partial charge on any atom is -0.148 e. The number of hydrogen-bond acceptors (Lipinski definition) is 1. The lowest BCUT2D eigenvalue weighted by atomic mass is 9.88. The molecule has 0 aromatic heterocycles. The summed E-state index contributed by atoms with van der Waals surface area (Å²) in [5.74, 6) is 0. The molecule has 2 atom stereocenters. The molecule has 0 saturated carbocycles. The maximum atomic E-state index is 2.34. The van der Waals surface area contributed by atoms with Gasteiger partial charge in [0.1, 0.15) is 0 Å². The molecule has 1 aliphatic heterocycles. The van der Waals surface area contributed by atoms with Gasteiger partial charge in [-0.1, -0.05) is 36.4 Å². The Morgan fingerprint density at radius 3 is 3.00 bits per heavy atom. The summed E-state index contributed by atoms with van der Waals surface area (Å²) >= 11 is 2.16. The number of rotatable bonds is 0. The topological polar surface area (TPSA) is 0 Å². The molecule has 2 aliphatic rings. The van der Waals surface area contributed by atoms with Gasteiger partial charge in [-0.05, 0) is 34.7 Å². The van der Waals surface area contributed by atoms with Crippen molar-refractivity contribution in [2.75, 3.05) is 0 Å². The lowest BCUT2D eigenvalue weighted by Crippen LogP contribution is -2.04. The summed E-state index contributed by atoms with van der Waals surface area (Å²) in [6.45, 7) is 0. The van der Waals surface area contributed by atoms with Gasteiger partial charge in [-0.15, -0.1) is 11.8 Å². The van der Waals surface area contributed by atoms with Crippen molar-refractivity contribution in [2.45, 2.75) is 23.3 Å². The summed E-state index contributed by atoms with van der Waals surface area (Å²) < 4.78 is 0. The SMILES string of the molecule is c1ccc2c3c(ccc2c1)CCC1SC31. The van der Waals surface area contributed by atoms with Crippen LogP contribution in [0.2, 0.25) is 0 Å². The van der Waals surface area contributed by atoms with Crippen molar-refractivity contribution in [3.8, 4) is 0 Å². The molecule has 15 heavy (non-hydrogen) atoms. The first-order valence-electron chi connectivity index (χ1n) is 5.59. The van der Waals surface area contributed by atoms with E-state index in [-0.39, 0.29) is 0 Å². The normalized spacial score (nSPS) is 27.2. The zero-order valence-electron chi connectivity index (χ0n) is 8.44. The summed E-state index contributed by atoms with van der Waals surface area (Å²) in [7, 11) is 0. The summed E-state index contributed by atoms with van der Waals surface area (Å²) in [4.78, 5) is 0. The predicted octanol–water partition coefficient (Wildman–Crippen LogP) is 3.94. The second-order valence-corrected chi connectivity index (χ2v) is 5.88. The van der Waals surface area contributed by atoms with Gasteiger partial charge in [0.25, 0.3) is 0 Å². The predicted molar refractivity (Wildman–Crippen MR) is 66.4 cm³/mol. The average molecular weight is 212 g/mol. The number of benzene rings is 2. The first kappa shape index (κ1) is 8.23. The first-order chi connectivity index (χ1) is 7.43. The zero-order valence-corrected chi connectivity index (χ0v) is 9.26. The van der Waals surface area contributed by atoms with Crippen LogP contribution in [0.3, 0.4) is 0 Å². The van der Waals surface area contributed by atoms with Gasteiger partial charge in [0.2, 0.25) is 0 Å². The van der Waals surface area contributed by atoms with Gasteiger partial charge in [-0.2, -0.15) is 0 Å². The summed E-state index contributed by atoms with van der Waals surface area (Å²) in [6, 6.07) is 13.4. The third kappa shape index (κ3) is 1.10. The molecule has 2 aromatic rings. The summed E-state index contributed by atoms with van der Waals surface area (Å²) in [5, 5.41) is 4.65. The molecule has 0 radical (unpaired) electrons. The number of hydrogen-bond donors (Lipinski definition) is 0. The van der Waals surface area contributed by atoms with Crippen LogP contribution >= 0.6 is 11.8 Å². The van der Waals surface area contributed by atoms with Crippen molar-refractivity contribution in [3.05, 3.63) is 47.5 Å². The molecule has 1 heteroatoms. The van der Waals surface area contributed by atoms with E-state index in [1.54, 1.807) is 11.1 Å². The van der Waals surface area contributed by atoms with Crippen LogP contribution in [0.4, 0.5) is 0 Å². The molecule has 1 heterocycles. The third-order valence-electron chi connectivity index (χ3n) is 3.63. The highest BCUT2D eigenvalue weighted by Crippen LogP contribution is 2.61. The van der Waals surface area contributed by atoms with Gasteiger partial charge >= 0.3 is 0 Å². The van der Waals surface area contributed by atoms with Gasteiger partial charge in [0, 0.05) is 10.5 Å². The minimum absolute atomic E-state index is 0.819. The highest BCUT2D eigenvalue weighted by atomic mass is 32.2. The van der Waals surface area contributed by atoms with Crippen LogP contribution in [-0.4, -0.2) is 5.25 Å². The molecule has 0 spiro atoms. The van der Waals surface area contributed by atoms with Gasteiger partial charge in [0.15, 0.2) is 0 Å². The summed E-state index contributed by atoms with van der Waals surface area (Å²) in [5.41, 5.74) is 3.24. The largest absolute Gasteiger partial charge is 0.148 e. The third-order valence-corrected chi connectivity index (χ3v) is 5.03. The Morgan fingerprint density at radius 2 is 2.00 bits per heavy atom. The molecule has 0 nitrogen and oxygen atoms in total. The van der Waals surface area contributed by atoms with Crippen LogP contribution < -0.4 is 0 Å².